The number of cyclic esters (lactones) is 1. The molecule has 0 saturated carbocycles. The molecule has 1 aliphatic heterocycles. The zero-order valence-corrected chi connectivity index (χ0v) is 8.54. The summed E-state index contributed by atoms with van der Waals surface area (Å²) in [6, 6.07) is 6.06. The highest BCUT2D eigenvalue weighted by atomic mass is 16.6. The molecule has 82 valence electrons. The van der Waals surface area contributed by atoms with Crippen molar-refractivity contribution in [3.63, 3.8) is 0 Å². The molecule has 0 aliphatic carbocycles. The van der Waals surface area contributed by atoms with E-state index in [-0.39, 0.29) is 5.69 Å². The maximum absolute atomic E-state index is 11.0. The summed E-state index contributed by atoms with van der Waals surface area (Å²) in [7, 11) is 0. The van der Waals surface area contributed by atoms with Crippen LogP contribution in [0.4, 0.5) is 5.69 Å². The molecular formula is C11H9NO4. The number of carbonyl (C=O) groups excluding carboxylic acids is 1. The van der Waals surface area contributed by atoms with Gasteiger partial charge < -0.3 is 4.74 Å². The number of hydrogen-bond acceptors (Lipinski definition) is 4. The molecule has 1 unspecified atom stereocenters. The SMILES string of the molecule is CC1(c2cccc([N+](=O)[O-])c2)C=CC(=O)O1. The van der Waals surface area contributed by atoms with Crippen molar-refractivity contribution in [2.75, 3.05) is 0 Å². The topological polar surface area (TPSA) is 69.4 Å². The fourth-order valence-corrected chi connectivity index (χ4v) is 1.59. The first-order valence-corrected chi connectivity index (χ1v) is 4.68. The third kappa shape index (κ3) is 1.67. The van der Waals surface area contributed by atoms with Crippen LogP contribution in [0.3, 0.4) is 0 Å². The van der Waals surface area contributed by atoms with Crippen LogP contribution in [0, 0.1) is 10.1 Å². The molecule has 0 fully saturated rings. The molecule has 1 aromatic carbocycles. The smallest absolute Gasteiger partial charge is 0.331 e. The Morgan fingerprint density at radius 3 is 2.75 bits per heavy atom. The zero-order chi connectivity index (χ0) is 11.8. The van der Waals surface area contributed by atoms with Crippen molar-refractivity contribution >= 4 is 11.7 Å². The second-order valence-corrected chi connectivity index (χ2v) is 3.67. The van der Waals surface area contributed by atoms with Crippen LogP contribution in [0.15, 0.2) is 36.4 Å². The van der Waals surface area contributed by atoms with Gasteiger partial charge >= 0.3 is 5.97 Å². The van der Waals surface area contributed by atoms with Gasteiger partial charge in [0, 0.05) is 23.8 Å². The number of esters is 1. The Bertz CT molecular complexity index is 495. The lowest BCUT2D eigenvalue weighted by molar-refractivity contribution is -0.385. The molecule has 1 aromatic rings. The summed E-state index contributed by atoms with van der Waals surface area (Å²) in [5, 5.41) is 10.6. The van der Waals surface area contributed by atoms with E-state index in [1.807, 2.05) is 0 Å². The summed E-state index contributed by atoms with van der Waals surface area (Å²) in [6.07, 6.45) is 2.91. The van der Waals surface area contributed by atoms with E-state index >= 15 is 0 Å². The molecule has 0 radical (unpaired) electrons. The van der Waals surface area contributed by atoms with Gasteiger partial charge in [-0.05, 0) is 13.0 Å². The molecule has 0 aromatic heterocycles. The summed E-state index contributed by atoms with van der Waals surface area (Å²) >= 11 is 0. The lowest BCUT2D eigenvalue weighted by Gasteiger charge is -2.21. The van der Waals surface area contributed by atoms with Crippen LogP contribution in [0.2, 0.25) is 0 Å². The molecule has 1 aliphatic rings. The Labute approximate surface area is 91.5 Å². The van der Waals surface area contributed by atoms with Gasteiger partial charge in [-0.1, -0.05) is 12.1 Å². The highest BCUT2D eigenvalue weighted by molar-refractivity contribution is 5.85. The van der Waals surface area contributed by atoms with E-state index in [0.29, 0.717) is 5.56 Å². The predicted octanol–water partition coefficient (Wildman–Crippen LogP) is 1.92. The van der Waals surface area contributed by atoms with Crippen LogP contribution in [0.5, 0.6) is 0 Å². The van der Waals surface area contributed by atoms with Crippen molar-refractivity contribution in [1.82, 2.24) is 0 Å². The van der Waals surface area contributed by atoms with E-state index in [1.54, 1.807) is 25.1 Å². The van der Waals surface area contributed by atoms with Gasteiger partial charge in [0.05, 0.1) is 4.92 Å². The van der Waals surface area contributed by atoms with Crippen LogP contribution >= 0.6 is 0 Å². The molecule has 5 heteroatoms. The van der Waals surface area contributed by atoms with E-state index in [2.05, 4.69) is 0 Å². The summed E-state index contributed by atoms with van der Waals surface area (Å²) in [6.45, 7) is 1.69. The third-order valence-corrected chi connectivity index (χ3v) is 2.48. The lowest BCUT2D eigenvalue weighted by Crippen LogP contribution is -2.20. The summed E-state index contributed by atoms with van der Waals surface area (Å²) in [5.41, 5.74) is -0.331. The highest BCUT2D eigenvalue weighted by Gasteiger charge is 2.33. The Kier molecular flexibility index (Phi) is 2.23. The van der Waals surface area contributed by atoms with Crippen LogP contribution in [0.1, 0.15) is 12.5 Å². The van der Waals surface area contributed by atoms with E-state index in [9.17, 15) is 14.9 Å². The molecule has 0 bridgehead atoms. The van der Waals surface area contributed by atoms with Gasteiger partial charge in [-0.2, -0.15) is 0 Å². The number of non-ortho nitro benzene ring substituents is 1. The molecule has 1 atom stereocenters. The van der Waals surface area contributed by atoms with Gasteiger partial charge in [0.1, 0.15) is 0 Å². The van der Waals surface area contributed by atoms with Crippen molar-refractivity contribution in [1.29, 1.82) is 0 Å². The van der Waals surface area contributed by atoms with Crippen LogP contribution in [-0.4, -0.2) is 10.9 Å². The van der Waals surface area contributed by atoms with Gasteiger partial charge in [0.2, 0.25) is 0 Å². The Balaban J connectivity index is 2.41. The zero-order valence-electron chi connectivity index (χ0n) is 8.54. The molecule has 5 nitrogen and oxygen atoms in total. The third-order valence-electron chi connectivity index (χ3n) is 2.48. The molecule has 16 heavy (non-hydrogen) atoms. The van der Waals surface area contributed by atoms with Crippen molar-refractivity contribution in [2.24, 2.45) is 0 Å². The van der Waals surface area contributed by atoms with E-state index in [4.69, 9.17) is 4.74 Å². The second kappa shape index (κ2) is 3.44. The number of benzene rings is 1. The van der Waals surface area contributed by atoms with Crippen LogP contribution in [-0.2, 0) is 15.1 Å². The summed E-state index contributed by atoms with van der Waals surface area (Å²) in [4.78, 5) is 21.1. The minimum Gasteiger partial charge on any atom is -0.447 e. The normalized spacial score (nSPS) is 23.2. The number of nitro benzene ring substituents is 1. The fraction of sp³-hybridized carbons (Fsp3) is 0.182. The average Bonchev–Trinajstić information content (AvgIpc) is 2.60. The van der Waals surface area contributed by atoms with E-state index in [0.717, 1.165) is 0 Å². The second-order valence-electron chi connectivity index (χ2n) is 3.67. The minimum atomic E-state index is -0.900. The minimum absolute atomic E-state index is 0.0185. The van der Waals surface area contributed by atoms with Gasteiger partial charge in [-0.15, -0.1) is 0 Å². The van der Waals surface area contributed by atoms with Gasteiger partial charge in [-0.3, -0.25) is 10.1 Å². The quantitative estimate of drug-likeness (QED) is 0.433. The molecule has 0 amide bonds. The maximum atomic E-state index is 11.0. The molecule has 0 spiro atoms. The molecule has 1 heterocycles. The first kappa shape index (κ1) is 10.4. The van der Waals surface area contributed by atoms with Gasteiger partial charge in [0.25, 0.3) is 5.69 Å². The van der Waals surface area contributed by atoms with Crippen LogP contribution in [0.25, 0.3) is 0 Å². The van der Waals surface area contributed by atoms with Gasteiger partial charge in [0.15, 0.2) is 5.60 Å². The Hall–Kier alpha value is -2.17. The summed E-state index contributed by atoms with van der Waals surface area (Å²) < 4.78 is 5.10. The van der Waals surface area contributed by atoms with Gasteiger partial charge in [-0.25, -0.2) is 4.79 Å². The first-order valence-electron chi connectivity index (χ1n) is 4.68. The Morgan fingerprint density at radius 1 is 1.44 bits per heavy atom. The molecule has 0 N–H and O–H groups in total. The largest absolute Gasteiger partial charge is 0.447 e. The standard InChI is InChI=1S/C11H9NO4/c1-11(6-5-10(13)16-11)8-3-2-4-9(7-8)12(14)15/h2-7H,1H3. The van der Waals surface area contributed by atoms with Crippen molar-refractivity contribution < 1.29 is 14.5 Å². The number of carbonyl (C=O) groups is 1. The number of hydrogen-bond donors (Lipinski definition) is 0. The fourth-order valence-electron chi connectivity index (χ4n) is 1.59. The number of nitro groups is 1. The summed E-state index contributed by atoms with van der Waals surface area (Å²) in [5.74, 6) is -0.436. The molecule has 0 saturated heterocycles. The average molecular weight is 219 g/mol. The predicted molar refractivity (Wildman–Crippen MR) is 55.7 cm³/mol. The van der Waals surface area contributed by atoms with Crippen molar-refractivity contribution in [2.45, 2.75) is 12.5 Å². The monoisotopic (exact) mass is 219 g/mol. The number of nitrogens with zero attached hydrogens (tertiary/aromatic N) is 1. The Morgan fingerprint density at radius 2 is 2.19 bits per heavy atom. The number of rotatable bonds is 2. The van der Waals surface area contributed by atoms with E-state index < -0.39 is 16.5 Å². The number of ether oxygens (including phenoxy) is 1. The maximum Gasteiger partial charge on any atom is 0.331 e. The highest BCUT2D eigenvalue weighted by Crippen LogP contribution is 2.32. The van der Waals surface area contributed by atoms with E-state index in [1.165, 1.54) is 18.2 Å². The molecule has 2 rings (SSSR count). The molecular weight excluding hydrogens is 210 g/mol. The first-order chi connectivity index (χ1) is 7.51. The lowest BCUT2D eigenvalue weighted by atomic mass is 9.96. The van der Waals surface area contributed by atoms with Crippen molar-refractivity contribution in [3.8, 4) is 0 Å². The van der Waals surface area contributed by atoms with Crippen molar-refractivity contribution in [3.05, 3.63) is 52.1 Å². The van der Waals surface area contributed by atoms with Crippen LogP contribution < -0.4 is 0 Å².